The summed E-state index contributed by atoms with van der Waals surface area (Å²) in [6.45, 7) is -0.0263. The predicted octanol–water partition coefficient (Wildman–Crippen LogP) is 4.55. The molecule has 0 fully saturated rings. The second kappa shape index (κ2) is 7.10. The molecule has 1 aromatic heterocycles. The summed E-state index contributed by atoms with van der Waals surface area (Å²) >= 11 is 0. The predicted molar refractivity (Wildman–Crippen MR) is 89.6 cm³/mol. The van der Waals surface area contributed by atoms with Crippen LogP contribution in [0.25, 0.3) is 11.4 Å². The quantitative estimate of drug-likeness (QED) is 0.604. The minimum atomic E-state index is -4.73. The molecule has 142 valence electrons. The molecule has 27 heavy (non-hydrogen) atoms. The van der Waals surface area contributed by atoms with Crippen LogP contribution in [0.4, 0.5) is 17.6 Å². The van der Waals surface area contributed by atoms with Crippen LogP contribution >= 0.6 is 0 Å². The van der Waals surface area contributed by atoms with Gasteiger partial charge in [0.25, 0.3) is 0 Å². The highest BCUT2D eigenvalue weighted by molar-refractivity contribution is 7.93. The highest BCUT2D eigenvalue weighted by atomic mass is 32.2. The number of hydrogen-bond acceptors (Lipinski definition) is 5. The van der Waals surface area contributed by atoms with Crippen molar-refractivity contribution in [3.63, 3.8) is 0 Å². The van der Waals surface area contributed by atoms with Gasteiger partial charge in [-0.15, -0.1) is 0 Å². The maximum Gasteiger partial charge on any atom is 0.471 e. The highest BCUT2D eigenvalue weighted by Gasteiger charge is 2.38. The summed E-state index contributed by atoms with van der Waals surface area (Å²) in [6, 6.07) is 11.9. The summed E-state index contributed by atoms with van der Waals surface area (Å²) in [5.74, 6) is -2.28. The van der Waals surface area contributed by atoms with Gasteiger partial charge in [0.1, 0.15) is 5.82 Å². The fourth-order valence-corrected chi connectivity index (χ4v) is 3.58. The summed E-state index contributed by atoms with van der Waals surface area (Å²) in [6.07, 6.45) is -3.41. The molecule has 0 N–H and O–H groups in total. The van der Waals surface area contributed by atoms with E-state index in [9.17, 15) is 21.8 Å². The van der Waals surface area contributed by atoms with Crippen molar-refractivity contribution in [2.75, 3.05) is 6.26 Å². The van der Waals surface area contributed by atoms with Crippen LogP contribution in [-0.2, 0) is 22.5 Å². The van der Waals surface area contributed by atoms with Crippen molar-refractivity contribution >= 4 is 9.73 Å². The lowest BCUT2D eigenvalue weighted by molar-refractivity contribution is -0.159. The van der Waals surface area contributed by atoms with Crippen LogP contribution in [0.15, 0.2) is 62.3 Å². The first-order chi connectivity index (χ1) is 12.7. The molecular formula is C17H13F4N3O2S. The van der Waals surface area contributed by atoms with E-state index in [2.05, 4.69) is 19.0 Å². The van der Waals surface area contributed by atoms with Gasteiger partial charge < -0.3 is 4.52 Å². The van der Waals surface area contributed by atoms with Crippen LogP contribution < -0.4 is 0 Å². The van der Waals surface area contributed by atoms with Gasteiger partial charge in [0.05, 0.1) is 21.2 Å². The Kier molecular flexibility index (Phi) is 5.01. The molecule has 10 heteroatoms. The Morgan fingerprint density at radius 1 is 1.15 bits per heavy atom. The molecule has 0 spiro atoms. The minimum absolute atomic E-state index is 0.00542. The van der Waals surface area contributed by atoms with Crippen molar-refractivity contribution in [3.05, 3.63) is 65.8 Å². The summed E-state index contributed by atoms with van der Waals surface area (Å²) in [5, 5.41) is 3.32. The molecule has 5 nitrogen and oxygen atoms in total. The lowest BCUT2D eigenvalue weighted by atomic mass is 10.1. The van der Waals surface area contributed by atoms with Gasteiger partial charge in [0.15, 0.2) is 0 Å². The Hall–Kier alpha value is -2.75. The number of alkyl halides is 3. The topological polar surface area (TPSA) is 68.3 Å². The minimum Gasteiger partial charge on any atom is -0.329 e. The van der Waals surface area contributed by atoms with Crippen LogP contribution in [-0.4, -0.2) is 20.6 Å². The largest absolute Gasteiger partial charge is 0.471 e. The van der Waals surface area contributed by atoms with E-state index in [4.69, 9.17) is 0 Å². The molecule has 0 radical (unpaired) electrons. The number of hydrogen-bond donors (Lipinski definition) is 0. The zero-order chi connectivity index (χ0) is 19.7. The Morgan fingerprint density at radius 2 is 1.89 bits per heavy atom. The molecule has 2 aromatic carbocycles. The smallest absolute Gasteiger partial charge is 0.329 e. The molecule has 0 saturated carbocycles. The van der Waals surface area contributed by atoms with Crippen LogP contribution in [0, 0.1) is 5.82 Å². The lowest BCUT2D eigenvalue weighted by Crippen LogP contribution is -2.04. The van der Waals surface area contributed by atoms with Gasteiger partial charge in [0, 0.05) is 11.8 Å². The number of nitrogens with zero attached hydrogens (tertiary/aromatic N) is 3. The molecule has 1 heterocycles. The van der Waals surface area contributed by atoms with Crippen LogP contribution in [0.3, 0.4) is 0 Å². The third-order valence-electron chi connectivity index (χ3n) is 3.59. The van der Waals surface area contributed by atoms with Crippen LogP contribution in [0.2, 0.25) is 0 Å². The Labute approximate surface area is 152 Å². The molecule has 0 saturated heterocycles. The number of benzene rings is 2. The maximum absolute atomic E-state index is 13.8. The van der Waals surface area contributed by atoms with Gasteiger partial charge in [-0.3, -0.25) is 0 Å². The van der Waals surface area contributed by atoms with Gasteiger partial charge in [0.2, 0.25) is 5.82 Å². The van der Waals surface area contributed by atoms with Crippen molar-refractivity contribution in [3.8, 4) is 11.4 Å². The molecule has 1 atom stereocenters. The molecule has 3 aromatic rings. The number of aromatic nitrogens is 2. The zero-order valence-corrected chi connectivity index (χ0v) is 14.7. The standard InChI is InChI=1S/C17H13F4N3O2S/c1-27(25,14-8-3-2-7-13(14)18)22-10-11-5-4-6-12(9-11)15-23-16(26-24-15)17(19,20)21/h2-9H,10H2,1H3. The molecule has 0 aliphatic carbocycles. The highest BCUT2D eigenvalue weighted by Crippen LogP contribution is 2.29. The van der Waals surface area contributed by atoms with E-state index in [-0.39, 0.29) is 22.8 Å². The summed E-state index contributed by atoms with van der Waals surface area (Å²) < 4.78 is 72.5. The van der Waals surface area contributed by atoms with Crippen LogP contribution in [0.5, 0.6) is 0 Å². The fraction of sp³-hybridized carbons (Fsp3) is 0.176. The van der Waals surface area contributed by atoms with Gasteiger partial charge in [-0.25, -0.2) is 13.0 Å². The summed E-state index contributed by atoms with van der Waals surface area (Å²) in [4.78, 5) is 3.32. The summed E-state index contributed by atoms with van der Waals surface area (Å²) in [5.41, 5.74) is 0.840. The molecular weight excluding hydrogens is 386 g/mol. The first-order valence-electron chi connectivity index (χ1n) is 7.59. The fourth-order valence-electron chi connectivity index (χ4n) is 2.28. The maximum atomic E-state index is 13.8. The van der Waals surface area contributed by atoms with Gasteiger partial charge in [-0.1, -0.05) is 35.5 Å². The SMILES string of the molecule is CS(=O)(=NCc1cccc(-c2noc(C(F)(F)F)n2)c1)c1ccccc1F. The van der Waals surface area contributed by atoms with Crippen molar-refractivity contribution in [1.82, 2.24) is 10.1 Å². The number of rotatable bonds is 4. The van der Waals surface area contributed by atoms with Crippen molar-refractivity contribution < 1.29 is 26.3 Å². The molecule has 0 aliphatic heterocycles. The molecule has 0 bridgehead atoms. The van der Waals surface area contributed by atoms with E-state index < -0.39 is 27.6 Å². The van der Waals surface area contributed by atoms with E-state index in [0.29, 0.717) is 5.56 Å². The van der Waals surface area contributed by atoms with E-state index in [1.54, 1.807) is 18.2 Å². The summed E-state index contributed by atoms with van der Waals surface area (Å²) in [7, 11) is -2.98. The molecule has 0 aliphatic rings. The average molecular weight is 399 g/mol. The Balaban J connectivity index is 1.87. The third kappa shape index (κ3) is 4.33. The normalized spacial score (nSPS) is 14.0. The van der Waals surface area contributed by atoms with Crippen molar-refractivity contribution in [2.24, 2.45) is 4.36 Å². The van der Waals surface area contributed by atoms with Gasteiger partial charge >= 0.3 is 12.1 Å². The first kappa shape index (κ1) is 19.0. The van der Waals surface area contributed by atoms with Crippen LogP contribution in [0.1, 0.15) is 11.5 Å². The average Bonchev–Trinajstić information content (AvgIpc) is 3.11. The van der Waals surface area contributed by atoms with Crippen molar-refractivity contribution in [2.45, 2.75) is 17.6 Å². The van der Waals surface area contributed by atoms with Gasteiger partial charge in [-0.2, -0.15) is 18.2 Å². The van der Waals surface area contributed by atoms with E-state index in [0.717, 1.165) is 0 Å². The molecule has 0 amide bonds. The van der Waals surface area contributed by atoms with E-state index >= 15 is 0 Å². The second-order valence-corrected chi connectivity index (χ2v) is 7.94. The van der Waals surface area contributed by atoms with Crippen molar-refractivity contribution in [1.29, 1.82) is 0 Å². The monoisotopic (exact) mass is 399 g/mol. The lowest BCUT2D eigenvalue weighted by Gasteiger charge is -2.06. The third-order valence-corrected chi connectivity index (χ3v) is 5.36. The number of halogens is 4. The first-order valence-corrected chi connectivity index (χ1v) is 9.52. The van der Waals surface area contributed by atoms with E-state index in [1.165, 1.54) is 36.6 Å². The second-order valence-electron chi connectivity index (χ2n) is 5.64. The zero-order valence-electron chi connectivity index (χ0n) is 13.9. The molecule has 1 unspecified atom stereocenters. The van der Waals surface area contributed by atoms with Gasteiger partial charge in [-0.05, 0) is 23.8 Å². The Bertz CT molecular complexity index is 1090. The van der Waals surface area contributed by atoms with E-state index in [1.807, 2.05) is 0 Å². The molecule has 3 rings (SSSR count). The Morgan fingerprint density at radius 3 is 2.56 bits per heavy atom.